The molecule has 2 aromatic carbocycles. The summed E-state index contributed by atoms with van der Waals surface area (Å²) in [5.74, 6) is 1.59. The summed E-state index contributed by atoms with van der Waals surface area (Å²) in [6.07, 6.45) is 1.51. The van der Waals surface area contributed by atoms with Gasteiger partial charge < -0.3 is 14.2 Å². The van der Waals surface area contributed by atoms with E-state index in [4.69, 9.17) is 14.2 Å². The Labute approximate surface area is 147 Å². The maximum absolute atomic E-state index is 11.8. The molecule has 0 atom stereocenters. The lowest BCUT2D eigenvalue weighted by molar-refractivity contribution is -0.123. The first-order valence-electron chi connectivity index (χ1n) is 7.77. The molecule has 0 unspecified atom stereocenters. The van der Waals surface area contributed by atoms with Gasteiger partial charge in [-0.3, -0.25) is 4.79 Å². The number of hydrogen-bond donors (Lipinski definition) is 1. The highest BCUT2D eigenvalue weighted by Gasteiger charge is 2.05. The van der Waals surface area contributed by atoms with Crippen LogP contribution in [0, 0.1) is 13.8 Å². The second-order valence-electron chi connectivity index (χ2n) is 5.44. The van der Waals surface area contributed by atoms with Crippen LogP contribution in [0.3, 0.4) is 0 Å². The second-order valence-corrected chi connectivity index (χ2v) is 5.44. The number of hydrogen-bond acceptors (Lipinski definition) is 5. The molecule has 0 aliphatic rings. The molecule has 0 aromatic heterocycles. The molecule has 25 heavy (non-hydrogen) atoms. The van der Waals surface area contributed by atoms with Crippen LogP contribution >= 0.6 is 0 Å². The summed E-state index contributed by atoms with van der Waals surface area (Å²) in [5, 5.41) is 3.92. The summed E-state index contributed by atoms with van der Waals surface area (Å²) in [6, 6.07) is 11.0. The molecule has 1 N–H and O–H groups in total. The van der Waals surface area contributed by atoms with E-state index in [2.05, 4.69) is 10.5 Å². The molecule has 1 amide bonds. The fraction of sp³-hybridized carbons (Fsp3) is 0.263. The van der Waals surface area contributed by atoms with Crippen LogP contribution in [0.1, 0.15) is 16.7 Å². The fourth-order valence-corrected chi connectivity index (χ4v) is 2.08. The highest BCUT2D eigenvalue weighted by Crippen LogP contribution is 2.23. The number of hydrazone groups is 1. The Balaban J connectivity index is 1.89. The van der Waals surface area contributed by atoms with Crippen LogP contribution in [0.25, 0.3) is 0 Å². The lowest BCUT2D eigenvalue weighted by Crippen LogP contribution is -2.24. The van der Waals surface area contributed by atoms with Gasteiger partial charge in [-0.25, -0.2) is 5.43 Å². The van der Waals surface area contributed by atoms with Crippen LogP contribution < -0.4 is 19.6 Å². The Kier molecular flexibility index (Phi) is 6.39. The van der Waals surface area contributed by atoms with Crippen molar-refractivity contribution in [1.82, 2.24) is 5.43 Å². The van der Waals surface area contributed by atoms with Crippen LogP contribution in [0.2, 0.25) is 0 Å². The molecular formula is C19H22N2O4. The van der Waals surface area contributed by atoms with Crippen molar-refractivity contribution in [2.75, 3.05) is 20.8 Å². The first-order chi connectivity index (χ1) is 12.0. The third-order valence-corrected chi connectivity index (χ3v) is 3.68. The van der Waals surface area contributed by atoms with Crippen LogP contribution in [0.15, 0.2) is 41.5 Å². The molecular weight excluding hydrogens is 320 g/mol. The van der Waals surface area contributed by atoms with Gasteiger partial charge in [0, 0.05) is 11.6 Å². The summed E-state index contributed by atoms with van der Waals surface area (Å²) >= 11 is 0. The number of rotatable bonds is 7. The Morgan fingerprint density at radius 3 is 2.48 bits per heavy atom. The molecule has 6 heteroatoms. The minimum Gasteiger partial charge on any atom is -0.497 e. The van der Waals surface area contributed by atoms with E-state index in [0.29, 0.717) is 17.2 Å². The summed E-state index contributed by atoms with van der Waals surface area (Å²) in [7, 11) is 3.14. The van der Waals surface area contributed by atoms with Crippen molar-refractivity contribution < 1.29 is 19.0 Å². The second kappa shape index (κ2) is 8.73. The minimum atomic E-state index is -0.345. The number of aryl methyl sites for hydroxylation is 2. The van der Waals surface area contributed by atoms with Gasteiger partial charge in [0.1, 0.15) is 17.2 Å². The summed E-state index contributed by atoms with van der Waals surface area (Å²) in [4.78, 5) is 11.8. The zero-order valence-electron chi connectivity index (χ0n) is 14.8. The molecule has 2 rings (SSSR count). The molecule has 0 aliphatic heterocycles. The number of ether oxygens (including phenoxy) is 3. The van der Waals surface area contributed by atoms with Crippen LogP contribution in [-0.4, -0.2) is 32.9 Å². The molecule has 0 saturated carbocycles. The van der Waals surface area contributed by atoms with Crippen molar-refractivity contribution >= 4 is 12.1 Å². The molecule has 2 aromatic rings. The zero-order chi connectivity index (χ0) is 18.2. The Morgan fingerprint density at radius 1 is 1.04 bits per heavy atom. The van der Waals surface area contributed by atoms with Gasteiger partial charge >= 0.3 is 0 Å². The molecule has 0 fully saturated rings. The number of nitrogens with zero attached hydrogens (tertiary/aromatic N) is 1. The molecule has 0 aliphatic carbocycles. The van der Waals surface area contributed by atoms with Crippen molar-refractivity contribution in [1.29, 1.82) is 0 Å². The predicted octanol–water partition coefficient (Wildman–Crippen LogP) is 2.85. The molecule has 0 radical (unpaired) electrons. The van der Waals surface area contributed by atoms with E-state index in [0.717, 1.165) is 11.1 Å². The van der Waals surface area contributed by atoms with Gasteiger partial charge in [0.25, 0.3) is 5.91 Å². The SMILES string of the molecule is COc1ccc(/C=N\NC(=O)COc2ccc(C)c(C)c2)c(OC)c1. The van der Waals surface area contributed by atoms with E-state index >= 15 is 0 Å². The number of carbonyl (C=O) groups is 1. The maximum atomic E-state index is 11.8. The standard InChI is InChI=1S/C19H22N2O4/c1-13-5-7-17(9-14(13)2)25-12-19(22)21-20-11-15-6-8-16(23-3)10-18(15)24-4/h5-11H,12H2,1-4H3,(H,21,22)/b20-11-. The van der Waals surface area contributed by atoms with Crippen molar-refractivity contribution in [3.8, 4) is 17.2 Å². The lowest BCUT2D eigenvalue weighted by Gasteiger charge is -2.08. The average Bonchev–Trinajstić information content (AvgIpc) is 2.62. The minimum absolute atomic E-state index is 0.112. The van der Waals surface area contributed by atoms with Gasteiger partial charge in [0.15, 0.2) is 6.61 Å². The quantitative estimate of drug-likeness (QED) is 0.620. The molecule has 0 bridgehead atoms. The fourth-order valence-electron chi connectivity index (χ4n) is 2.08. The Morgan fingerprint density at radius 2 is 1.80 bits per heavy atom. The van der Waals surface area contributed by atoms with Gasteiger partial charge in [-0.2, -0.15) is 5.10 Å². The van der Waals surface area contributed by atoms with Gasteiger partial charge in [-0.15, -0.1) is 0 Å². The van der Waals surface area contributed by atoms with Gasteiger partial charge in [-0.05, 0) is 49.2 Å². The number of amides is 1. The number of nitrogens with one attached hydrogen (secondary N) is 1. The van der Waals surface area contributed by atoms with Crippen LogP contribution in [0.5, 0.6) is 17.2 Å². The Bertz CT molecular complexity index is 772. The number of methoxy groups -OCH3 is 2. The van der Waals surface area contributed by atoms with Gasteiger partial charge in [0.2, 0.25) is 0 Å². The number of benzene rings is 2. The third kappa shape index (κ3) is 5.24. The third-order valence-electron chi connectivity index (χ3n) is 3.68. The van der Waals surface area contributed by atoms with E-state index in [9.17, 15) is 4.79 Å². The summed E-state index contributed by atoms with van der Waals surface area (Å²) in [6.45, 7) is 3.91. The monoisotopic (exact) mass is 342 g/mol. The van der Waals surface area contributed by atoms with Crippen LogP contribution in [0.4, 0.5) is 0 Å². The summed E-state index contributed by atoms with van der Waals surface area (Å²) in [5.41, 5.74) is 5.44. The van der Waals surface area contributed by atoms with Crippen molar-refractivity contribution in [3.05, 3.63) is 53.1 Å². The smallest absolute Gasteiger partial charge is 0.277 e. The van der Waals surface area contributed by atoms with E-state index in [1.807, 2.05) is 32.0 Å². The summed E-state index contributed by atoms with van der Waals surface area (Å²) < 4.78 is 15.9. The van der Waals surface area contributed by atoms with Gasteiger partial charge in [0.05, 0.1) is 20.4 Å². The maximum Gasteiger partial charge on any atom is 0.277 e. The first-order valence-corrected chi connectivity index (χ1v) is 7.77. The number of carbonyl (C=O) groups excluding carboxylic acids is 1. The van der Waals surface area contributed by atoms with E-state index < -0.39 is 0 Å². The largest absolute Gasteiger partial charge is 0.497 e. The molecule has 0 heterocycles. The molecule has 132 valence electrons. The normalized spacial score (nSPS) is 10.6. The molecule has 6 nitrogen and oxygen atoms in total. The highest BCUT2D eigenvalue weighted by atomic mass is 16.5. The molecule has 0 spiro atoms. The lowest BCUT2D eigenvalue weighted by atomic mass is 10.1. The highest BCUT2D eigenvalue weighted by molar-refractivity contribution is 5.85. The van der Waals surface area contributed by atoms with Crippen molar-refractivity contribution in [2.45, 2.75) is 13.8 Å². The van der Waals surface area contributed by atoms with Crippen molar-refractivity contribution in [2.24, 2.45) is 5.10 Å². The van der Waals surface area contributed by atoms with E-state index in [1.165, 1.54) is 11.8 Å². The first kappa shape index (κ1) is 18.3. The van der Waals surface area contributed by atoms with Gasteiger partial charge in [-0.1, -0.05) is 6.07 Å². The average molecular weight is 342 g/mol. The predicted molar refractivity (Wildman–Crippen MR) is 96.7 cm³/mol. The van der Waals surface area contributed by atoms with Crippen molar-refractivity contribution in [3.63, 3.8) is 0 Å². The molecule has 0 saturated heterocycles. The zero-order valence-corrected chi connectivity index (χ0v) is 14.8. The van der Waals surface area contributed by atoms with E-state index in [-0.39, 0.29) is 12.5 Å². The Hall–Kier alpha value is -3.02. The van der Waals surface area contributed by atoms with E-state index in [1.54, 1.807) is 32.4 Å². The van der Waals surface area contributed by atoms with Crippen LogP contribution in [-0.2, 0) is 4.79 Å². The topological polar surface area (TPSA) is 69.2 Å².